The van der Waals surface area contributed by atoms with Crippen molar-refractivity contribution in [3.63, 3.8) is 0 Å². The van der Waals surface area contributed by atoms with Crippen molar-refractivity contribution in [2.45, 2.75) is 13.3 Å². The maximum atomic E-state index is 12.3. The van der Waals surface area contributed by atoms with Gasteiger partial charge in [0.25, 0.3) is 0 Å². The van der Waals surface area contributed by atoms with Crippen LogP contribution in [0.1, 0.15) is 13.3 Å². The van der Waals surface area contributed by atoms with Gasteiger partial charge < -0.3 is 18.9 Å². The van der Waals surface area contributed by atoms with Gasteiger partial charge in [0, 0.05) is 0 Å². The molecule has 2 aromatic rings. The average Bonchev–Trinajstić information content (AvgIpc) is 2.67. The van der Waals surface area contributed by atoms with Gasteiger partial charge in [0.15, 0.2) is 0 Å². The number of carbonyl (C=O) groups is 2. The van der Waals surface area contributed by atoms with Gasteiger partial charge in [-0.1, -0.05) is 13.0 Å². The first-order valence-corrected chi connectivity index (χ1v) is 8.00. The Balaban J connectivity index is 2.08. The van der Waals surface area contributed by atoms with Crippen LogP contribution in [0.5, 0.6) is 23.0 Å². The van der Waals surface area contributed by atoms with Crippen LogP contribution in [0.25, 0.3) is 0 Å². The van der Waals surface area contributed by atoms with Crippen molar-refractivity contribution < 1.29 is 28.5 Å². The third-order valence-electron chi connectivity index (χ3n) is 3.39. The normalized spacial score (nSPS) is 9.81. The van der Waals surface area contributed by atoms with Crippen LogP contribution >= 0.6 is 0 Å². The predicted octanol–water partition coefficient (Wildman–Crippen LogP) is 3.55. The number of methoxy groups -OCH3 is 2. The lowest BCUT2D eigenvalue weighted by Crippen LogP contribution is -2.22. The van der Waals surface area contributed by atoms with E-state index in [1.54, 1.807) is 55.5 Å². The van der Waals surface area contributed by atoms with E-state index in [4.69, 9.17) is 18.9 Å². The number of benzene rings is 2. The minimum absolute atomic E-state index is 0.167. The summed E-state index contributed by atoms with van der Waals surface area (Å²) in [5.41, 5.74) is -0.167. The molecular weight excluding hydrogens is 336 g/mol. The van der Waals surface area contributed by atoms with Gasteiger partial charge in [0.05, 0.1) is 14.2 Å². The molecule has 0 amide bonds. The number of carbonyl (C=O) groups excluding carboxylic acids is 2. The third-order valence-corrected chi connectivity index (χ3v) is 3.39. The van der Waals surface area contributed by atoms with Crippen molar-refractivity contribution in [1.82, 2.24) is 0 Å². The van der Waals surface area contributed by atoms with E-state index in [0.717, 1.165) is 0 Å². The molecule has 0 bridgehead atoms. The van der Waals surface area contributed by atoms with Gasteiger partial charge in [0.1, 0.15) is 28.6 Å². The molecule has 136 valence electrons. The zero-order valence-corrected chi connectivity index (χ0v) is 14.9. The molecule has 0 atom stereocenters. The molecule has 0 aliphatic rings. The Bertz CT molecular complexity index is 711. The number of hydrogen-bond acceptors (Lipinski definition) is 6. The largest absolute Gasteiger partial charge is 0.497 e. The Morgan fingerprint density at radius 1 is 0.731 bits per heavy atom. The Kier molecular flexibility index (Phi) is 6.79. The van der Waals surface area contributed by atoms with Crippen molar-refractivity contribution >= 4 is 11.9 Å². The van der Waals surface area contributed by atoms with Crippen LogP contribution in [-0.4, -0.2) is 26.2 Å². The summed E-state index contributed by atoms with van der Waals surface area (Å²) in [6.07, 6.45) is 1.95. The van der Waals surface area contributed by atoms with Gasteiger partial charge in [-0.25, -0.2) is 9.59 Å². The summed E-state index contributed by atoms with van der Waals surface area (Å²) < 4.78 is 20.6. The molecule has 0 fully saturated rings. The summed E-state index contributed by atoms with van der Waals surface area (Å²) >= 11 is 0. The molecule has 0 saturated carbocycles. The number of ether oxygens (including phenoxy) is 4. The fourth-order valence-corrected chi connectivity index (χ4v) is 2.07. The molecule has 0 aliphatic heterocycles. The van der Waals surface area contributed by atoms with E-state index >= 15 is 0 Å². The second kappa shape index (κ2) is 9.27. The van der Waals surface area contributed by atoms with Crippen LogP contribution in [0.15, 0.2) is 60.2 Å². The summed E-state index contributed by atoms with van der Waals surface area (Å²) in [5, 5.41) is 0. The first-order valence-electron chi connectivity index (χ1n) is 8.00. The van der Waals surface area contributed by atoms with Crippen molar-refractivity contribution in [3.8, 4) is 23.0 Å². The summed E-state index contributed by atoms with van der Waals surface area (Å²) in [4.78, 5) is 24.7. The highest BCUT2D eigenvalue weighted by molar-refractivity contribution is 6.15. The minimum atomic E-state index is -0.782. The van der Waals surface area contributed by atoms with Gasteiger partial charge in [-0.05, 0) is 55.0 Å². The Morgan fingerprint density at radius 2 is 1.08 bits per heavy atom. The molecular formula is C20H20O6. The number of allylic oxidation sites excluding steroid dienone is 1. The number of rotatable bonds is 7. The standard InChI is InChI=1S/C20H20O6/c1-4-5-18(19(21)25-16-10-6-14(23-2)7-11-16)20(22)26-17-12-8-15(24-3)9-13-17/h5-13H,4H2,1-3H3. The lowest BCUT2D eigenvalue weighted by atomic mass is 10.2. The second-order valence-corrected chi connectivity index (χ2v) is 5.16. The predicted molar refractivity (Wildman–Crippen MR) is 95.6 cm³/mol. The minimum Gasteiger partial charge on any atom is -0.497 e. The Morgan fingerprint density at radius 3 is 1.38 bits per heavy atom. The number of hydrogen-bond donors (Lipinski definition) is 0. The molecule has 0 saturated heterocycles. The number of esters is 2. The van der Waals surface area contributed by atoms with Crippen LogP contribution in [0.3, 0.4) is 0 Å². The first kappa shape index (κ1) is 19.1. The topological polar surface area (TPSA) is 71.1 Å². The van der Waals surface area contributed by atoms with E-state index in [0.29, 0.717) is 29.4 Å². The summed E-state index contributed by atoms with van der Waals surface area (Å²) in [5.74, 6) is 0.303. The van der Waals surface area contributed by atoms with E-state index < -0.39 is 11.9 Å². The lowest BCUT2D eigenvalue weighted by molar-refractivity contribution is -0.137. The van der Waals surface area contributed by atoms with Gasteiger partial charge in [-0.15, -0.1) is 0 Å². The smallest absolute Gasteiger partial charge is 0.350 e. The second-order valence-electron chi connectivity index (χ2n) is 5.16. The van der Waals surface area contributed by atoms with Gasteiger partial charge in [0.2, 0.25) is 0 Å². The van der Waals surface area contributed by atoms with E-state index in [1.807, 2.05) is 0 Å². The zero-order valence-electron chi connectivity index (χ0n) is 14.9. The SMILES string of the molecule is CCC=C(C(=O)Oc1ccc(OC)cc1)C(=O)Oc1ccc(OC)cc1. The average molecular weight is 356 g/mol. The molecule has 0 N–H and O–H groups in total. The molecule has 2 rings (SSSR count). The maximum absolute atomic E-state index is 12.3. The summed E-state index contributed by atoms with van der Waals surface area (Å²) in [6, 6.07) is 12.9. The molecule has 0 aromatic heterocycles. The molecule has 0 radical (unpaired) electrons. The van der Waals surface area contributed by atoms with Crippen molar-refractivity contribution in [2.75, 3.05) is 14.2 Å². The van der Waals surface area contributed by atoms with E-state index in [2.05, 4.69) is 0 Å². The molecule has 0 aliphatic carbocycles. The highest BCUT2D eigenvalue weighted by Crippen LogP contribution is 2.20. The Labute approximate surface area is 151 Å². The Hall–Kier alpha value is -3.28. The van der Waals surface area contributed by atoms with Gasteiger partial charge in [-0.3, -0.25) is 0 Å². The van der Waals surface area contributed by atoms with Gasteiger partial charge in [-0.2, -0.15) is 0 Å². The fraction of sp³-hybridized carbons (Fsp3) is 0.200. The van der Waals surface area contributed by atoms with E-state index in [9.17, 15) is 9.59 Å². The zero-order chi connectivity index (χ0) is 18.9. The third kappa shape index (κ3) is 5.11. The highest BCUT2D eigenvalue weighted by Gasteiger charge is 2.22. The van der Waals surface area contributed by atoms with Crippen molar-refractivity contribution in [3.05, 3.63) is 60.2 Å². The maximum Gasteiger partial charge on any atom is 0.350 e. The highest BCUT2D eigenvalue weighted by atomic mass is 16.6. The van der Waals surface area contributed by atoms with Gasteiger partial charge >= 0.3 is 11.9 Å². The molecule has 6 nitrogen and oxygen atoms in total. The monoisotopic (exact) mass is 356 g/mol. The molecule has 6 heteroatoms. The van der Waals surface area contributed by atoms with Crippen LogP contribution in [0.4, 0.5) is 0 Å². The van der Waals surface area contributed by atoms with E-state index in [1.165, 1.54) is 20.3 Å². The van der Waals surface area contributed by atoms with Crippen LogP contribution < -0.4 is 18.9 Å². The van der Waals surface area contributed by atoms with Crippen LogP contribution in [0, 0.1) is 0 Å². The van der Waals surface area contributed by atoms with Crippen LogP contribution in [0.2, 0.25) is 0 Å². The molecule has 26 heavy (non-hydrogen) atoms. The van der Waals surface area contributed by atoms with Crippen molar-refractivity contribution in [1.29, 1.82) is 0 Å². The first-order chi connectivity index (χ1) is 12.6. The molecule has 0 unspecified atom stereocenters. The van der Waals surface area contributed by atoms with E-state index in [-0.39, 0.29) is 5.57 Å². The van der Waals surface area contributed by atoms with Crippen LogP contribution in [-0.2, 0) is 9.59 Å². The van der Waals surface area contributed by atoms with Crippen molar-refractivity contribution in [2.24, 2.45) is 0 Å². The summed E-state index contributed by atoms with van der Waals surface area (Å²) in [7, 11) is 3.08. The molecule has 0 heterocycles. The lowest BCUT2D eigenvalue weighted by Gasteiger charge is -2.09. The quantitative estimate of drug-likeness (QED) is 0.248. The fourth-order valence-electron chi connectivity index (χ4n) is 2.07. The molecule has 0 spiro atoms. The molecule has 2 aromatic carbocycles. The summed E-state index contributed by atoms with van der Waals surface area (Å²) in [6.45, 7) is 1.81.